The smallest absolute Gasteiger partial charge is 0.340 e. The van der Waals surface area contributed by atoms with Crippen molar-refractivity contribution in [2.24, 2.45) is 0 Å². The standard InChI is InChI=1S/C19H16N6O4S/c1-12-15(22-18(29-12)16-7-4-8-30-16)10-28-19(27)13-5-2-3-6-14(13)21-17(26)9-25-11-20-23-24-25/h2-8,11H,9-10H2,1H3,(H,21,26). The van der Waals surface area contributed by atoms with Crippen LogP contribution in [-0.2, 0) is 22.7 Å². The minimum atomic E-state index is -0.589. The molecule has 10 nitrogen and oxygen atoms in total. The summed E-state index contributed by atoms with van der Waals surface area (Å²) >= 11 is 1.51. The second-order valence-corrected chi connectivity index (χ2v) is 7.12. The Morgan fingerprint density at radius 3 is 2.87 bits per heavy atom. The quantitative estimate of drug-likeness (QED) is 0.449. The number of nitrogens with zero attached hydrogens (tertiary/aromatic N) is 5. The molecule has 3 heterocycles. The molecule has 0 aliphatic rings. The third-order valence-electron chi connectivity index (χ3n) is 4.08. The lowest BCUT2D eigenvalue weighted by molar-refractivity contribution is -0.116. The van der Waals surface area contributed by atoms with Crippen molar-refractivity contribution in [3.05, 3.63) is 65.1 Å². The number of tetrazole rings is 1. The first-order valence-electron chi connectivity index (χ1n) is 8.87. The zero-order chi connectivity index (χ0) is 20.9. The molecule has 30 heavy (non-hydrogen) atoms. The van der Waals surface area contributed by atoms with Crippen LogP contribution in [0.3, 0.4) is 0 Å². The molecular weight excluding hydrogens is 408 g/mol. The summed E-state index contributed by atoms with van der Waals surface area (Å²) in [6, 6.07) is 10.4. The number of nitrogens with one attached hydrogen (secondary N) is 1. The summed E-state index contributed by atoms with van der Waals surface area (Å²) in [5.41, 5.74) is 1.09. The van der Waals surface area contributed by atoms with Gasteiger partial charge in [-0.15, -0.1) is 16.4 Å². The van der Waals surface area contributed by atoms with E-state index in [1.165, 1.54) is 22.3 Å². The van der Waals surface area contributed by atoms with E-state index in [1.807, 2.05) is 17.5 Å². The van der Waals surface area contributed by atoms with Gasteiger partial charge in [-0.3, -0.25) is 4.79 Å². The van der Waals surface area contributed by atoms with E-state index in [9.17, 15) is 9.59 Å². The molecule has 0 atom stereocenters. The topological polar surface area (TPSA) is 125 Å². The first-order valence-corrected chi connectivity index (χ1v) is 9.75. The van der Waals surface area contributed by atoms with E-state index in [-0.39, 0.29) is 24.6 Å². The number of amides is 1. The number of thiophene rings is 1. The van der Waals surface area contributed by atoms with Crippen molar-refractivity contribution in [1.29, 1.82) is 0 Å². The first kappa shape index (κ1) is 19.5. The van der Waals surface area contributed by atoms with Gasteiger partial charge in [0.05, 0.1) is 16.1 Å². The molecule has 3 aromatic heterocycles. The Kier molecular flexibility index (Phi) is 5.61. The normalized spacial score (nSPS) is 10.7. The van der Waals surface area contributed by atoms with E-state index in [2.05, 4.69) is 25.8 Å². The molecule has 0 saturated heterocycles. The molecule has 4 aromatic rings. The minimum absolute atomic E-state index is 0.0492. The summed E-state index contributed by atoms with van der Waals surface area (Å²) in [5, 5.41) is 15.2. The second kappa shape index (κ2) is 8.66. The molecule has 0 saturated carbocycles. The number of carbonyl (C=O) groups excluding carboxylic acids is 2. The third kappa shape index (κ3) is 4.41. The Bertz CT molecular complexity index is 1150. The summed E-state index contributed by atoms with van der Waals surface area (Å²) in [6.07, 6.45) is 1.32. The monoisotopic (exact) mass is 424 g/mol. The van der Waals surface area contributed by atoms with Gasteiger partial charge >= 0.3 is 5.97 Å². The van der Waals surface area contributed by atoms with Crippen molar-refractivity contribution < 1.29 is 18.7 Å². The highest BCUT2D eigenvalue weighted by atomic mass is 32.1. The number of para-hydroxylation sites is 1. The number of esters is 1. The largest absolute Gasteiger partial charge is 0.455 e. The molecule has 0 bridgehead atoms. The molecule has 0 aliphatic heterocycles. The zero-order valence-corrected chi connectivity index (χ0v) is 16.6. The number of hydrogen-bond donors (Lipinski definition) is 1. The molecule has 1 aromatic carbocycles. The number of anilines is 1. The van der Waals surface area contributed by atoms with E-state index in [4.69, 9.17) is 9.15 Å². The summed E-state index contributed by atoms with van der Waals surface area (Å²) in [7, 11) is 0. The van der Waals surface area contributed by atoms with Crippen LogP contribution in [0.5, 0.6) is 0 Å². The number of carbonyl (C=O) groups is 2. The number of ether oxygens (including phenoxy) is 1. The van der Waals surface area contributed by atoms with Gasteiger partial charge < -0.3 is 14.5 Å². The number of hydrogen-bond acceptors (Lipinski definition) is 9. The third-order valence-corrected chi connectivity index (χ3v) is 4.94. The van der Waals surface area contributed by atoms with E-state index in [1.54, 1.807) is 31.2 Å². The van der Waals surface area contributed by atoms with Crippen molar-refractivity contribution in [2.75, 3.05) is 5.32 Å². The number of aromatic nitrogens is 5. The van der Waals surface area contributed by atoms with Crippen LogP contribution in [0.25, 0.3) is 10.8 Å². The highest BCUT2D eigenvalue weighted by molar-refractivity contribution is 7.13. The van der Waals surface area contributed by atoms with Crippen LogP contribution in [0.15, 0.2) is 52.5 Å². The van der Waals surface area contributed by atoms with Gasteiger partial charge in [0.2, 0.25) is 11.8 Å². The van der Waals surface area contributed by atoms with Crippen LogP contribution >= 0.6 is 11.3 Å². The molecule has 1 amide bonds. The lowest BCUT2D eigenvalue weighted by Gasteiger charge is -2.10. The molecule has 0 spiro atoms. The van der Waals surface area contributed by atoms with Crippen LogP contribution in [-0.4, -0.2) is 37.1 Å². The number of aryl methyl sites for hydroxylation is 1. The predicted molar refractivity (Wildman–Crippen MR) is 107 cm³/mol. The lowest BCUT2D eigenvalue weighted by Crippen LogP contribution is -2.21. The van der Waals surface area contributed by atoms with Crippen LogP contribution < -0.4 is 5.32 Å². The predicted octanol–water partition coefficient (Wildman–Crippen LogP) is 2.69. The Balaban J connectivity index is 1.42. The maximum Gasteiger partial charge on any atom is 0.340 e. The van der Waals surface area contributed by atoms with Gasteiger partial charge in [-0.05, 0) is 40.9 Å². The van der Waals surface area contributed by atoms with Gasteiger partial charge in [-0.25, -0.2) is 14.5 Å². The average molecular weight is 424 g/mol. The molecular formula is C19H16N6O4S. The Hall–Kier alpha value is -3.86. The van der Waals surface area contributed by atoms with Gasteiger partial charge in [0, 0.05) is 0 Å². The lowest BCUT2D eigenvalue weighted by atomic mass is 10.2. The van der Waals surface area contributed by atoms with Crippen molar-refractivity contribution >= 4 is 28.9 Å². The highest BCUT2D eigenvalue weighted by Crippen LogP contribution is 2.26. The van der Waals surface area contributed by atoms with E-state index in [0.717, 1.165) is 4.88 Å². The van der Waals surface area contributed by atoms with Crippen LogP contribution in [0, 0.1) is 6.92 Å². The Morgan fingerprint density at radius 1 is 1.23 bits per heavy atom. The van der Waals surface area contributed by atoms with E-state index in [0.29, 0.717) is 23.0 Å². The van der Waals surface area contributed by atoms with Gasteiger partial charge in [0.25, 0.3) is 0 Å². The van der Waals surface area contributed by atoms with Gasteiger partial charge in [-0.1, -0.05) is 18.2 Å². The maximum atomic E-state index is 12.6. The first-order chi connectivity index (χ1) is 14.6. The van der Waals surface area contributed by atoms with Crippen molar-refractivity contribution in [3.8, 4) is 10.8 Å². The molecule has 152 valence electrons. The van der Waals surface area contributed by atoms with Gasteiger partial charge in [0.15, 0.2) is 0 Å². The molecule has 11 heteroatoms. The summed E-state index contributed by atoms with van der Waals surface area (Å²) in [4.78, 5) is 30.1. The van der Waals surface area contributed by atoms with Gasteiger partial charge in [-0.2, -0.15) is 0 Å². The zero-order valence-electron chi connectivity index (χ0n) is 15.8. The molecule has 1 N–H and O–H groups in total. The van der Waals surface area contributed by atoms with Crippen molar-refractivity contribution in [3.63, 3.8) is 0 Å². The summed E-state index contributed by atoms with van der Waals surface area (Å²) < 4.78 is 12.3. The second-order valence-electron chi connectivity index (χ2n) is 6.18. The highest BCUT2D eigenvalue weighted by Gasteiger charge is 2.18. The molecule has 4 rings (SSSR count). The number of benzene rings is 1. The average Bonchev–Trinajstić information content (AvgIpc) is 3.49. The van der Waals surface area contributed by atoms with E-state index >= 15 is 0 Å². The fourth-order valence-electron chi connectivity index (χ4n) is 2.64. The van der Waals surface area contributed by atoms with Crippen molar-refractivity contribution in [2.45, 2.75) is 20.1 Å². The Labute approximate surface area is 174 Å². The molecule has 0 unspecified atom stereocenters. The fourth-order valence-corrected chi connectivity index (χ4v) is 3.29. The number of oxazole rings is 1. The SMILES string of the molecule is Cc1oc(-c2cccs2)nc1COC(=O)c1ccccc1NC(=O)Cn1cnnn1. The Morgan fingerprint density at radius 2 is 2.10 bits per heavy atom. The molecule has 0 aliphatic carbocycles. The van der Waals surface area contributed by atoms with E-state index < -0.39 is 5.97 Å². The summed E-state index contributed by atoms with van der Waals surface area (Å²) in [6.45, 7) is 1.63. The van der Waals surface area contributed by atoms with Crippen molar-refractivity contribution in [1.82, 2.24) is 25.2 Å². The van der Waals surface area contributed by atoms with Crippen LogP contribution in [0.1, 0.15) is 21.8 Å². The van der Waals surface area contributed by atoms with Crippen LogP contribution in [0.2, 0.25) is 0 Å². The van der Waals surface area contributed by atoms with Gasteiger partial charge in [0.1, 0.15) is 30.9 Å². The van der Waals surface area contributed by atoms with Crippen LogP contribution in [0.4, 0.5) is 5.69 Å². The maximum absolute atomic E-state index is 12.6. The minimum Gasteiger partial charge on any atom is -0.455 e. The molecule has 0 radical (unpaired) electrons. The summed E-state index contributed by atoms with van der Waals surface area (Å²) in [5.74, 6) is 0.0990. The molecule has 0 fully saturated rings. The number of rotatable bonds is 7. The fraction of sp³-hybridized carbons (Fsp3) is 0.158.